The van der Waals surface area contributed by atoms with Crippen LogP contribution in [0.1, 0.15) is 39.0 Å². The van der Waals surface area contributed by atoms with Gasteiger partial charge in [-0.05, 0) is 49.8 Å². The molecular weight excluding hydrogens is 490 g/mol. The Morgan fingerprint density at radius 2 is 1.89 bits per heavy atom. The predicted molar refractivity (Wildman–Crippen MR) is 144 cm³/mol. The van der Waals surface area contributed by atoms with Gasteiger partial charge in [-0.3, -0.25) is 14.5 Å². The van der Waals surface area contributed by atoms with Gasteiger partial charge < -0.3 is 19.6 Å². The Hall–Kier alpha value is -3.62. The van der Waals surface area contributed by atoms with E-state index in [0.29, 0.717) is 16.5 Å². The maximum absolute atomic E-state index is 12.7. The van der Waals surface area contributed by atoms with Crippen LogP contribution in [0.5, 0.6) is 0 Å². The summed E-state index contributed by atoms with van der Waals surface area (Å²) in [6.45, 7) is 6.88. The third-order valence-corrected chi connectivity index (χ3v) is 7.42. The first-order chi connectivity index (χ1) is 17.8. The van der Waals surface area contributed by atoms with Gasteiger partial charge in [-0.25, -0.2) is 0 Å². The van der Waals surface area contributed by atoms with Crippen molar-refractivity contribution in [3.63, 3.8) is 0 Å². The zero-order chi connectivity index (χ0) is 26.1. The van der Waals surface area contributed by atoms with Crippen molar-refractivity contribution in [1.29, 1.82) is 0 Å². The zero-order valence-electron chi connectivity index (χ0n) is 21.2. The van der Waals surface area contributed by atoms with Gasteiger partial charge in [0, 0.05) is 56.2 Å². The number of rotatable bonds is 5. The maximum atomic E-state index is 12.7. The lowest BCUT2D eigenvalue weighted by Gasteiger charge is -2.39. The molecule has 0 bridgehead atoms. The molecule has 0 aliphatic carbocycles. The number of aryl methyl sites for hydroxylation is 2. The molecule has 1 unspecified atom stereocenters. The van der Waals surface area contributed by atoms with Crippen molar-refractivity contribution >= 4 is 34.8 Å². The summed E-state index contributed by atoms with van der Waals surface area (Å²) < 4.78 is 5.15. The zero-order valence-corrected chi connectivity index (χ0v) is 22.0. The van der Waals surface area contributed by atoms with Crippen LogP contribution in [-0.4, -0.2) is 60.0 Å². The van der Waals surface area contributed by atoms with Crippen LogP contribution < -0.4 is 10.2 Å². The number of benzene rings is 2. The van der Waals surface area contributed by atoms with Crippen LogP contribution in [-0.2, 0) is 11.2 Å². The van der Waals surface area contributed by atoms with E-state index < -0.39 is 0 Å². The van der Waals surface area contributed by atoms with E-state index in [2.05, 4.69) is 26.3 Å². The number of hydrogen-bond donors (Lipinski definition) is 1. The number of carbonyl (C=O) groups is 2. The topological polar surface area (TPSA) is 81.9 Å². The van der Waals surface area contributed by atoms with Crippen LogP contribution in [0.3, 0.4) is 0 Å². The highest BCUT2D eigenvalue weighted by Gasteiger charge is 2.29. The molecule has 1 aromatic heterocycles. The fraction of sp³-hybridized carbons (Fsp3) is 0.321. The minimum absolute atomic E-state index is 0.0126. The van der Waals surface area contributed by atoms with E-state index in [0.717, 1.165) is 54.3 Å². The van der Waals surface area contributed by atoms with Crippen LogP contribution in [0.15, 0.2) is 59.3 Å². The van der Waals surface area contributed by atoms with Crippen molar-refractivity contribution in [3.05, 3.63) is 87.9 Å². The van der Waals surface area contributed by atoms with E-state index in [-0.39, 0.29) is 24.3 Å². The van der Waals surface area contributed by atoms with Gasteiger partial charge in [-0.2, -0.15) is 0 Å². The third-order valence-electron chi connectivity index (χ3n) is 7.12. The molecule has 192 valence electrons. The Morgan fingerprint density at radius 1 is 1.14 bits per heavy atom. The highest BCUT2D eigenvalue weighted by Crippen LogP contribution is 2.33. The molecule has 3 aromatic rings. The molecule has 3 heterocycles. The monoisotopic (exact) mass is 519 g/mol. The second-order valence-electron chi connectivity index (χ2n) is 9.51. The van der Waals surface area contributed by atoms with Gasteiger partial charge in [-0.15, -0.1) is 0 Å². The van der Waals surface area contributed by atoms with Crippen LogP contribution >= 0.6 is 11.6 Å². The molecule has 9 heteroatoms. The second-order valence-corrected chi connectivity index (χ2v) is 9.91. The van der Waals surface area contributed by atoms with Crippen molar-refractivity contribution in [2.24, 2.45) is 0 Å². The fourth-order valence-corrected chi connectivity index (χ4v) is 5.34. The average Bonchev–Trinajstić information content (AvgIpc) is 3.14. The molecule has 2 aromatic carbocycles. The van der Waals surface area contributed by atoms with Gasteiger partial charge in [0.25, 0.3) is 5.91 Å². The normalized spacial score (nSPS) is 18.1. The number of anilines is 2. The number of hydrogen-bond acceptors (Lipinski definition) is 6. The highest BCUT2D eigenvalue weighted by molar-refractivity contribution is 6.33. The van der Waals surface area contributed by atoms with E-state index in [1.54, 1.807) is 24.9 Å². The van der Waals surface area contributed by atoms with Crippen molar-refractivity contribution < 1.29 is 14.1 Å². The van der Waals surface area contributed by atoms with Crippen LogP contribution in [0.2, 0.25) is 5.02 Å². The van der Waals surface area contributed by atoms with Gasteiger partial charge in [0.05, 0.1) is 28.9 Å². The first-order valence-electron chi connectivity index (χ1n) is 12.4. The standard InChI is InChI=1S/C28H30ClN5O3/c1-18-23(19(2)37-31-18)17-27(35)30-20-8-9-26(24(29)16-20)34-14-12-33(13-15-34)25-10-11-32(3)28(36)22-7-5-4-6-21(22)25/h4-11,16,25H,12-15,17H2,1-3H3,(H,30,35). The number of fused-ring (bicyclic) bond motifs is 1. The molecule has 1 saturated heterocycles. The summed E-state index contributed by atoms with van der Waals surface area (Å²) in [6, 6.07) is 13.5. The van der Waals surface area contributed by atoms with Crippen molar-refractivity contribution in [3.8, 4) is 0 Å². The molecule has 8 nitrogen and oxygen atoms in total. The number of nitrogens with one attached hydrogen (secondary N) is 1. The lowest BCUT2D eigenvalue weighted by molar-refractivity contribution is -0.115. The minimum atomic E-state index is -0.146. The number of aromatic nitrogens is 1. The molecule has 0 radical (unpaired) electrons. The van der Waals surface area contributed by atoms with Gasteiger partial charge in [-0.1, -0.05) is 35.0 Å². The highest BCUT2D eigenvalue weighted by atomic mass is 35.5. The lowest BCUT2D eigenvalue weighted by Crippen LogP contribution is -2.47. The summed E-state index contributed by atoms with van der Waals surface area (Å²) in [5.41, 5.74) is 4.91. The number of carbonyl (C=O) groups excluding carboxylic acids is 2. The van der Waals surface area contributed by atoms with Crippen molar-refractivity contribution in [1.82, 2.24) is 15.0 Å². The second kappa shape index (κ2) is 10.4. The van der Waals surface area contributed by atoms with Gasteiger partial charge >= 0.3 is 0 Å². The van der Waals surface area contributed by atoms with Gasteiger partial charge in [0.15, 0.2) is 0 Å². The predicted octanol–water partition coefficient (Wildman–Crippen LogP) is 4.59. The van der Waals surface area contributed by atoms with E-state index in [9.17, 15) is 9.59 Å². The molecule has 2 aliphatic heterocycles. The summed E-state index contributed by atoms with van der Waals surface area (Å²) in [7, 11) is 1.79. The van der Waals surface area contributed by atoms with Gasteiger partial charge in [0.1, 0.15) is 5.76 Å². The Bertz CT molecular complexity index is 1340. The summed E-state index contributed by atoms with van der Waals surface area (Å²) in [5.74, 6) is 0.521. The summed E-state index contributed by atoms with van der Waals surface area (Å²) in [5, 5.41) is 7.42. The largest absolute Gasteiger partial charge is 0.368 e. The Kier molecular flexibility index (Phi) is 7.04. The average molecular weight is 520 g/mol. The smallest absolute Gasteiger partial charge is 0.257 e. The number of piperazine rings is 1. The molecule has 2 amide bonds. The molecule has 5 rings (SSSR count). The molecule has 0 saturated carbocycles. The Morgan fingerprint density at radius 3 is 2.59 bits per heavy atom. The van der Waals surface area contributed by atoms with E-state index in [1.165, 1.54) is 0 Å². The summed E-state index contributed by atoms with van der Waals surface area (Å²) in [4.78, 5) is 31.6. The SMILES string of the molecule is Cc1noc(C)c1CC(=O)Nc1ccc(N2CCN(C3C=CN(C)C(=O)c4ccccc43)CC2)c(Cl)c1. The Labute approximate surface area is 221 Å². The van der Waals surface area contributed by atoms with Crippen molar-refractivity contribution in [2.75, 3.05) is 43.4 Å². The first-order valence-corrected chi connectivity index (χ1v) is 12.7. The first kappa shape index (κ1) is 25.0. The van der Waals surface area contributed by atoms with E-state index in [4.69, 9.17) is 16.1 Å². The molecule has 37 heavy (non-hydrogen) atoms. The summed E-state index contributed by atoms with van der Waals surface area (Å²) >= 11 is 6.66. The molecule has 0 spiro atoms. The number of amides is 2. The minimum Gasteiger partial charge on any atom is -0.368 e. The van der Waals surface area contributed by atoms with Crippen molar-refractivity contribution in [2.45, 2.75) is 26.3 Å². The van der Waals surface area contributed by atoms with Crippen LogP contribution in [0, 0.1) is 13.8 Å². The maximum Gasteiger partial charge on any atom is 0.257 e. The fourth-order valence-electron chi connectivity index (χ4n) is 5.04. The van der Waals surface area contributed by atoms with E-state index in [1.807, 2.05) is 49.5 Å². The molecule has 1 N–H and O–H groups in total. The summed E-state index contributed by atoms with van der Waals surface area (Å²) in [6.07, 6.45) is 4.17. The lowest BCUT2D eigenvalue weighted by atomic mass is 9.98. The molecule has 2 aliphatic rings. The van der Waals surface area contributed by atoms with Gasteiger partial charge in [0.2, 0.25) is 5.91 Å². The molecule has 1 fully saturated rings. The number of halogens is 1. The quantitative estimate of drug-likeness (QED) is 0.531. The van der Waals surface area contributed by atoms with E-state index >= 15 is 0 Å². The van der Waals surface area contributed by atoms with Crippen LogP contribution in [0.25, 0.3) is 0 Å². The molecule has 1 atom stereocenters. The molecular formula is C28H30ClN5O3. The van der Waals surface area contributed by atoms with Crippen LogP contribution in [0.4, 0.5) is 11.4 Å². The Balaban J connectivity index is 1.24. The number of nitrogens with zero attached hydrogens (tertiary/aromatic N) is 4. The third kappa shape index (κ3) is 5.12.